The number of aryl methyl sites for hydroxylation is 2. The number of aromatic nitrogens is 2. The van der Waals surface area contributed by atoms with E-state index in [-0.39, 0.29) is 20.8 Å². The molecule has 10 heteroatoms. The van der Waals surface area contributed by atoms with Crippen molar-refractivity contribution in [3.05, 3.63) is 80.0 Å². The molecule has 2 aliphatic rings. The lowest BCUT2D eigenvalue weighted by molar-refractivity contribution is -0.124. The Labute approximate surface area is 258 Å². The standard InChI is InChI=1S/C32H28Br2N4O4/c33-27-25(29(39)37-31(27)41)23-17-11-7-9-13-19(17)35-21(23)15-5-3-1-2-4-6-16-22-24(18-12-8-10-14-20(18)36-22)26-28(34)32(42)38-30(26)40/h7-14,35-36H,1-6,15-16H2,(H,37,39,41)(H,38,40,42). The average molecular weight is 692 g/mol. The highest BCUT2D eigenvalue weighted by Crippen LogP contribution is 2.37. The van der Waals surface area contributed by atoms with Crippen molar-refractivity contribution in [3.8, 4) is 0 Å². The Hall–Kier alpha value is -3.76. The van der Waals surface area contributed by atoms with Crippen LogP contribution in [0.4, 0.5) is 0 Å². The first-order valence-electron chi connectivity index (χ1n) is 14.1. The lowest BCUT2D eigenvalue weighted by atomic mass is 9.98. The minimum Gasteiger partial charge on any atom is -0.358 e. The van der Waals surface area contributed by atoms with Gasteiger partial charge >= 0.3 is 0 Å². The van der Waals surface area contributed by atoms with Crippen LogP contribution >= 0.6 is 31.9 Å². The van der Waals surface area contributed by atoms with E-state index in [2.05, 4.69) is 52.5 Å². The van der Waals surface area contributed by atoms with Gasteiger partial charge in [-0.3, -0.25) is 29.8 Å². The van der Waals surface area contributed by atoms with E-state index in [1.807, 2.05) is 48.5 Å². The van der Waals surface area contributed by atoms with Crippen molar-refractivity contribution in [2.45, 2.75) is 51.4 Å². The molecule has 0 aliphatic carbocycles. The minimum absolute atomic E-state index is 0.278. The van der Waals surface area contributed by atoms with Gasteiger partial charge in [-0.05, 0) is 69.7 Å². The number of hydrogen-bond acceptors (Lipinski definition) is 4. The summed E-state index contributed by atoms with van der Waals surface area (Å²) in [5, 5.41) is 6.63. The molecular weight excluding hydrogens is 664 g/mol. The van der Waals surface area contributed by atoms with Gasteiger partial charge in [-0.25, -0.2) is 0 Å². The monoisotopic (exact) mass is 690 g/mol. The summed E-state index contributed by atoms with van der Waals surface area (Å²) in [7, 11) is 0. The van der Waals surface area contributed by atoms with Crippen molar-refractivity contribution in [1.82, 2.24) is 20.6 Å². The summed E-state index contributed by atoms with van der Waals surface area (Å²) in [6.07, 6.45) is 7.70. The van der Waals surface area contributed by atoms with Crippen LogP contribution in [0.5, 0.6) is 0 Å². The minimum atomic E-state index is -0.407. The van der Waals surface area contributed by atoms with Crippen LogP contribution in [0.1, 0.15) is 61.0 Å². The molecule has 0 saturated carbocycles. The number of aromatic amines is 2. The van der Waals surface area contributed by atoms with E-state index in [9.17, 15) is 19.2 Å². The smallest absolute Gasteiger partial charge is 0.265 e. The zero-order valence-electron chi connectivity index (χ0n) is 22.7. The molecule has 0 radical (unpaired) electrons. The van der Waals surface area contributed by atoms with E-state index in [0.29, 0.717) is 11.1 Å². The molecule has 0 bridgehead atoms. The molecule has 2 aromatic carbocycles. The third-order valence-corrected chi connectivity index (χ3v) is 9.43. The number of carbonyl (C=O) groups excluding carboxylic acids is 4. The quantitative estimate of drug-likeness (QED) is 0.109. The summed E-state index contributed by atoms with van der Waals surface area (Å²) in [6.45, 7) is 0. The van der Waals surface area contributed by atoms with E-state index in [1.54, 1.807) is 0 Å². The molecular formula is C32H28Br2N4O4. The average Bonchev–Trinajstić information content (AvgIpc) is 3.66. The van der Waals surface area contributed by atoms with E-state index in [1.165, 1.54) is 0 Å². The Balaban J connectivity index is 1.06. The highest BCUT2D eigenvalue weighted by molar-refractivity contribution is 9.12. The van der Waals surface area contributed by atoms with E-state index in [4.69, 9.17) is 0 Å². The molecule has 42 heavy (non-hydrogen) atoms. The van der Waals surface area contributed by atoms with Crippen molar-refractivity contribution >= 4 is 88.4 Å². The molecule has 0 unspecified atom stereocenters. The van der Waals surface area contributed by atoms with E-state index >= 15 is 0 Å². The first-order valence-corrected chi connectivity index (χ1v) is 15.6. The van der Waals surface area contributed by atoms with Gasteiger partial charge in [0.1, 0.15) is 0 Å². The van der Waals surface area contributed by atoms with Gasteiger partial charge in [-0.1, -0.05) is 62.1 Å². The van der Waals surface area contributed by atoms with Gasteiger partial charge in [0, 0.05) is 44.3 Å². The molecule has 214 valence electrons. The third-order valence-electron chi connectivity index (χ3n) is 7.92. The van der Waals surface area contributed by atoms with Gasteiger partial charge in [-0.2, -0.15) is 0 Å². The maximum Gasteiger partial charge on any atom is 0.265 e. The number of benzene rings is 2. The summed E-state index contributed by atoms with van der Waals surface area (Å²) in [4.78, 5) is 56.3. The zero-order chi connectivity index (χ0) is 29.4. The number of halogens is 2. The number of fused-ring (bicyclic) bond motifs is 2. The first kappa shape index (κ1) is 28.4. The molecule has 4 heterocycles. The fourth-order valence-corrected chi connectivity index (χ4v) is 6.92. The molecule has 4 N–H and O–H groups in total. The fraction of sp³-hybridized carbons (Fsp3) is 0.250. The molecule has 0 fully saturated rings. The normalized spacial score (nSPS) is 15.6. The number of para-hydroxylation sites is 2. The van der Waals surface area contributed by atoms with Crippen LogP contribution in [-0.2, 0) is 32.0 Å². The second kappa shape index (κ2) is 11.9. The van der Waals surface area contributed by atoms with Crippen LogP contribution in [0, 0.1) is 0 Å². The maximum absolute atomic E-state index is 12.6. The van der Waals surface area contributed by atoms with Crippen molar-refractivity contribution in [1.29, 1.82) is 0 Å². The summed E-state index contributed by atoms with van der Waals surface area (Å²) in [5.41, 5.74) is 6.21. The fourth-order valence-electron chi connectivity index (χ4n) is 5.97. The van der Waals surface area contributed by atoms with Gasteiger partial charge in [0.05, 0.1) is 20.1 Å². The predicted octanol–water partition coefficient (Wildman–Crippen LogP) is 6.30. The summed E-state index contributed by atoms with van der Waals surface area (Å²) >= 11 is 6.64. The summed E-state index contributed by atoms with van der Waals surface area (Å²) < 4.78 is 0.556. The lowest BCUT2D eigenvalue weighted by Crippen LogP contribution is -2.22. The van der Waals surface area contributed by atoms with Crippen molar-refractivity contribution < 1.29 is 19.2 Å². The topological polar surface area (TPSA) is 124 Å². The number of rotatable bonds is 11. The predicted molar refractivity (Wildman–Crippen MR) is 170 cm³/mol. The number of amides is 4. The molecule has 2 aliphatic heterocycles. The molecule has 0 saturated heterocycles. The summed E-state index contributed by atoms with van der Waals surface area (Å²) in [5.74, 6) is -1.56. The van der Waals surface area contributed by atoms with E-state index < -0.39 is 11.8 Å². The number of nitrogens with one attached hydrogen (secondary N) is 4. The Morgan fingerprint density at radius 1 is 0.500 bits per heavy atom. The lowest BCUT2D eigenvalue weighted by Gasteiger charge is -2.07. The van der Waals surface area contributed by atoms with Crippen LogP contribution in [-0.4, -0.2) is 33.6 Å². The Morgan fingerprint density at radius 2 is 0.881 bits per heavy atom. The van der Waals surface area contributed by atoms with Gasteiger partial charge in [0.15, 0.2) is 0 Å². The van der Waals surface area contributed by atoms with Crippen LogP contribution in [0.25, 0.3) is 33.0 Å². The van der Waals surface area contributed by atoms with Crippen LogP contribution < -0.4 is 10.6 Å². The number of hydrogen-bond donors (Lipinski definition) is 4. The van der Waals surface area contributed by atoms with Gasteiger partial charge in [-0.15, -0.1) is 0 Å². The second-order valence-electron chi connectivity index (χ2n) is 10.6. The molecule has 4 aromatic rings. The van der Waals surface area contributed by atoms with Crippen LogP contribution in [0.15, 0.2) is 57.5 Å². The van der Waals surface area contributed by atoms with E-state index in [0.717, 1.165) is 95.7 Å². The number of imide groups is 2. The van der Waals surface area contributed by atoms with Crippen LogP contribution in [0.2, 0.25) is 0 Å². The number of H-pyrrole nitrogens is 2. The first-order chi connectivity index (χ1) is 20.3. The van der Waals surface area contributed by atoms with Gasteiger partial charge < -0.3 is 9.97 Å². The molecule has 4 amide bonds. The maximum atomic E-state index is 12.6. The van der Waals surface area contributed by atoms with Crippen molar-refractivity contribution in [3.63, 3.8) is 0 Å². The number of carbonyl (C=O) groups is 4. The second-order valence-corrected chi connectivity index (χ2v) is 12.2. The highest BCUT2D eigenvalue weighted by Gasteiger charge is 2.34. The van der Waals surface area contributed by atoms with Crippen LogP contribution in [0.3, 0.4) is 0 Å². The molecule has 2 aromatic heterocycles. The summed E-state index contributed by atoms with van der Waals surface area (Å²) in [6, 6.07) is 15.7. The highest BCUT2D eigenvalue weighted by atomic mass is 79.9. The Morgan fingerprint density at radius 3 is 1.26 bits per heavy atom. The molecule has 8 nitrogen and oxygen atoms in total. The zero-order valence-corrected chi connectivity index (χ0v) is 25.8. The third kappa shape index (κ3) is 5.18. The molecule has 0 spiro atoms. The Bertz CT molecular complexity index is 1710. The largest absolute Gasteiger partial charge is 0.358 e. The molecule has 0 atom stereocenters. The SMILES string of the molecule is O=C1NC(=O)C(c2c(CCCCCCCCc3[nH]c4ccccc4c3C3=C(Br)C(=O)NC3=O)[nH]c3ccccc23)=C1Br. The van der Waals surface area contributed by atoms with Crippen molar-refractivity contribution in [2.24, 2.45) is 0 Å². The Kier molecular flexibility index (Phi) is 8.00. The molecule has 6 rings (SSSR count). The van der Waals surface area contributed by atoms with Crippen molar-refractivity contribution in [2.75, 3.05) is 0 Å². The van der Waals surface area contributed by atoms with Gasteiger partial charge in [0.25, 0.3) is 23.6 Å². The number of unbranched alkanes of at least 4 members (excludes halogenated alkanes) is 5. The van der Waals surface area contributed by atoms with Gasteiger partial charge in [0.2, 0.25) is 0 Å².